The number of hydrogen-bond donors (Lipinski definition) is 1. The van der Waals surface area contributed by atoms with Crippen molar-refractivity contribution < 1.29 is 9.53 Å². The van der Waals surface area contributed by atoms with Gasteiger partial charge in [-0.2, -0.15) is 5.26 Å². The number of fused-ring (bicyclic) bond motifs is 1. The standard InChI is InChI=1S/C25H27N5O2/c1-17-12-19-14-20(16-26)24(28-23(19)13-18(17)2)29-8-5-9-30(11-10-29)25(31)27-21-6-4-7-22(15-21)32-3/h4,6-7,12-15H,5,8-11H2,1-3H3,(H,27,31). The molecule has 1 fully saturated rings. The fourth-order valence-corrected chi connectivity index (χ4v) is 3.99. The van der Waals surface area contributed by atoms with E-state index in [1.54, 1.807) is 18.1 Å². The maximum atomic E-state index is 12.8. The molecule has 3 aromatic rings. The number of nitrogens with one attached hydrogen (secondary N) is 1. The Labute approximate surface area is 188 Å². The summed E-state index contributed by atoms with van der Waals surface area (Å²) in [6.07, 6.45) is 0.795. The predicted octanol–water partition coefficient (Wildman–Crippen LogP) is 4.48. The lowest BCUT2D eigenvalue weighted by atomic mass is 10.0. The number of rotatable bonds is 3. The fourth-order valence-electron chi connectivity index (χ4n) is 3.99. The summed E-state index contributed by atoms with van der Waals surface area (Å²) in [7, 11) is 1.60. The van der Waals surface area contributed by atoms with Crippen molar-refractivity contribution in [2.45, 2.75) is 20.3 Å². The molecule has 1 aromatic heterocycles. The van der Waals surface area contributed by atoms with Crippen LogP contribution in [0.5, 0.6) is 5.75 Å². The van der Waals surface area contributed by atoms with E-state index in [2.05, 4.69) is 42.3 Å². The molecule has 0 saturated carbocycles. The lowest BCUT2D eigenvalue weighted by molar-refractivity contribution is 0.215. The van der Waals surface area contributed by atoms with E-state index in [1.165, 1.54) is 11.1 Å². The Morgan fingerprint density at radius 3 is 2.69 bits per heavy atom. The molecule has 4 rings (SSSR count). The van der Waals surface area contributed by atoms with Crippen molar-refractivity contribution in [1.29, 1.82) is 5.26 Å². The van der Waals surface area contributed by atoms with Gasteiger partial charge in [-0.3, -0.25) is 0 Å². The average Bonchev–Trinajstić information content (AvgIpc) is 3.05. The van der Waals surface area contributed by atoms with E-state index in [9.17, 15) is 10.1 Å². The van der Waals surface area contributed by atoms with E-state index in [0.717, 1.165) is 23.9 Å². The lowest BCUT2D eigenvalue weighted by Gasteiger charge is -2.24. The number of carbonyl (C=O) groups excluding carboxylic acids is 1. The number of hydrogen-bond acceptors (Lipinski definition) is 5. The quantitative estimate of drug-likeness (QED) is 0.664. The first-order valence-electron chi connectivity index (χ1n) is 10.8. The van der Waals surface area contributed by atoms with Crippen LogP contribution in [0.2, 0.25) is 0 Å². The molecule has 2 aromatic carbocycles. The molecule has 0 aliphatic carbocycles. The van der Waals surface area contributed by atoms with E-state index in [-0.39, 0.29) is 6.03 Å². The summed E-state index contributed by atoms with van der Waals surface area (Å²) < 4.78 is 5.23. The number of amides is 2. The van der Waals surface area contributed by atoms with Crippen molar-refractivity contribution in [3.05, 3.63) is 59.2 Å². The molecule has 0 radical (unpaired) electrons. The smallest absolute Gasteiger partial charge is 0.321 e. The highest BCUT2D eigenvalue weighted by Gasteiger charge is 2.22. The van der Waals surface area contributed by atoms with Crippen molar-refractivity contribution in [3.8, 4) is 11.8 Å². The van der Waals surface area contributed by atoms with Gasteiger partial charge >= 0.3 is 6.03 Å². The Morgan fingerprint density at radius 1 is 1.09 bits per heavy atom. The van der Waals surface area contributed by atoms with Crippen LogP contribution in [0.1, 0.15) is 23.1 Å². The maximum Gasteiger partial charge on any atom is 0.321 e. The van der Waals surface area contributed by atoms with Gasteiger partial charge in [-0.05, 0) is 61.7 Å². The lowest BCUT2D eigenvalue weighted by Crippen LogP contribution is -2.38. The van der Waals surface area contributed by atoms with Gasteiger partial charge in [-0.25, -0.2) is 9.78 Å². The number of nitriles is 1. The normalized spacial score (nSPS) is 14.1. The molecule has 0 unspecified atom stereocenters. The zero-order valence-corrected chi connectivity index (χ0v) is 18.7. The molecule has 2 heterocycles. The van der Waals surface area contributed by atoms with Crippen LogP contribution < -0.4 is 15.0 Å². The van der Waals surface area contributed by atoms with Crippen LogP contribution in [0.25, 0.3) is 10.9 Å². The van der Waals surface area contributed by atoms with Crippen LogP contribution in [0, 0.1) is 25.2 Å². The summed E-state index contributed by atoms with van der Waals surface area (Å²) in [6.45, 7) is 6.67. The van der Waals surface area contributed by atoms with Crippen LogP contribution in [0.15, 0.2) is 42.5 Å². The van der Waals surface area contributed by atoms with Gasteiger partial charge in [0, 0.05) is 43.3 Å². The molecule has 1 N–H and O–H groups in total. The molecule has 2 amide bonds. The number of aryl methyl sites for hydroxylation is 2. The number of ether oxygens (including phenoxy) is 1. The van der Waals surface area contributed by atoms with Gasteiger partial charge in [0.05, 0.1) is 18.2 Å². The van der Waals surface area contributed by atoms with Crippen molar-refractivity contribution in [2.75, 3.05) is 43.5 Å². The van der Waals surface area contributed by atoms with Crippen molar-refractivity contribution in [2.24, 2.45) is 0 Å². The van der Waals surface area contributed by atoms with E-state index in [4.69, 9.17) is 9.72 Å². The van der Waals surface area contributed by atoms with Crippen molar-refractivity contribution >= 4 is 28.4 Å². The molecule has 1 saturated heterocycles. The van der Waals surface area contributed by atoms with Crippen LogP contribution in [-0.4, -0.2) is 49.2 Å². The minimum absolute atomic E-state index is 0.141. The van der Waals surface area contributed by atoms with Gasteiger partial charge in [-0.15, -0.1) is 0 Å². The Kier molecular flexibility index (Phi) is 6.13. The largest absolute Gasteiger partial charge is 0.497 e. The molecule has 0 bridgehead atoms. The number of urea groups is 1. The van der Waals surface area contributed by atoms with Crippen molar-refractivity contribution in [3.63, 3.8) is 0 Å². The average molecular weight is 430 g/mol. The molecule has 7 heteroatoms. The summed E-state index contributed by atoms with van der Waals surface area (Å²) in [4.78, 5) is 21.6. The zero-order valence-electron chi connectivity index (χ0n) is 18.7. The van der Waals surface area contributed by atoms with Crippen LogP contribution in [-0.2, 0) is 0 Å². The molecule has 164 valence electrons. The van der Waals surface area contributed by atoms with E-state index in [0.29, 0.717) is 42.5 Å². The second-order valence-corrected chi connectivity index (χ2v) is 8.09. The third-order valence-electron chi connectivity index (χ3n) is 5.93. The highest BCUT2D eigenvalue weighted by Crippen LogP contribution is 2.26. The SMILES string of the molecule is COc1cccc(NC(=O)N2CCCN(c3nc4cc(C)c(C)cc4cc3C#N)CC2)c1. The number of anilines is 2. The predicted molar refractivity (Wildman–Crippen MR) is 126 cm³/mol. The minimum Gasteiger partial charge on any atom is -0.497 e. The Bertz CT molecular complexity index is 1200. The highest BCUT2D eigenvalue weighted by atomic mass is 16.5. The number of nitrogens with zero attached hydrogens (tertiary/aromatic N) is 4. The van der Waals surface area contributed by atoms with Crippen LogP contribution >= 0.6 is 0 Å². The second kappa shape index (κ2) is 9.15. The number of methoxy groups -OCH3 is 1. The van der Waals surface area contributed by atoms with Crippen LogP contribution in [0.3, 0.4) is 0 Å². The Hall–Kier alpha value is -3.79. The van der Waals surface area contributed by atoms with E-state index >= 15 is 0 Å². The van der Waals surface area contributed by atoms with Gasteiger partial charge in [-0.1, -0.05) is 6.07 Å². The molecule has 1 aliphatic heterocycles. The first kappa shape index (κ1) is 21.4. The van der Waals surface area contributed by atoms with Gasteiger partial charge in [0.25, 0.3) is 0 Å². The third kappa shape index (κ3) is 4.45. The number of aromatic nitrogens is 1. The first-order chi connectivity index (χ1) is 15.5. The number of carbonyl (C=O) groups is 1. The Balaban J connectivity index is 1.51. The van der Waals surface area contributed by atoms with Gasteiger partial charge < -0.3 is 19.9 Å². The second-order valence-electron chi connectivity index (χ2n) is 8.09. The first-order valence-corrected chi connectivity index (χ1v) is 10.8. The highest BCUT2D eigenvalue weighted by molar-refractivity contribution is 5.89. The summed E-state index contributed by atoms with van der Waals surface area (Å²) in [5.74, 6) is 1.39. The minimum atomic E-state index is -0.141. The van der Waals surface area contributed by atoms with E-state index < -0.39 is 0 Å². The topological polar surface area (TPSA) is 81.5 Å². The molecule has 0 atom stereocenters. The summed E-state index contributed by atoms with van der Waals surface area (Å²) in [5, 5.41) is 13.7. The maximum absolute atomic E-state index is 12.8. The van der Waals surface area contributed by atoms with Crippen LogP contribution in [0.4, 0.5) is 16.3 Å². The molecular formula is C25H27N5O2. The van der Waals surface area contributed by atoms with Gasteiger partial charge in [0.1, 0.15) is 17.6 Å². The van der Waals surface area contributed by atoms with Crippen molar-refractivity contribution in [1.82, 2.24) is 9.88 Å². The van der Waals surface area contributed by atoms with Gasteiger partial charge in [0.15, 0.2) is 0 Å². The third-order valence-corrected chi connectivity index (χ3v) is 5.93. The zero-order chi connectivity index (χ0) is 22.7. The fraction of sp³-hybridized carbons (Fsp3) is 0.320. The molecule has 1 aliphatic rings. The number of benzene rings is 2. The summed E-state index contributed by atoms with van der Waals surface area (Å²) in [6, 6.07) is 15.6. The monoisotopic (exact) mass is 429 g/mol. The van der Waals surface area contributed by atoms with E-state index in [1.807, 2.05) is 24.3 Å². The Morgan fingerprint density at radius 2 is 1.91 bits per heavy atom. The molecule has 0 spiro atoms. The summed E-state index contributed by atoms with van der Waals surface area (Å²) >= 11 is 0. The molecular weight excluding hydrogens is 402 g/mol. The summed E-state index contributed by atoms with van der Waals surface area (Å²) in [5.41, 5.74) is 4.51. The molecule has 32 heavy (non-hydrogen) atoms. The number of pyridine rings is 1. The molecule has 7 nitrogen and oxygen atoms in total. The van der Waals surface area contributed by atoms with Gasteiger partial charge in [0.2, 0.25) is 0 Å².